The van der Waals surface area contributed by atoms with E-state index < -0.39 is 13.0 Å². The Balaban J connectivity index is 1.58. The molecule has 3 atom stereocenters. The van der Waals surface area contributed by atoms with Gasteiger partial charge in [0.05, 0.1) is 6.17 Å². The number of pyridine rings is 1. The van der Waals surface area contributed by atoms with E-state index in [1.807, 2.05) is 0 Å². The van der Waals surface area contributed by atoms with Crippen LogP contribution in [0.15, 0.2) is 18.3 Å². The summed E-state index contributed by atoms with van der Waals surface area (Å²) < 4.78 is 29.1. The molecule has 0 bridgehead atoms. The molecule has 2 aliphatic rings. The van der Waals surface area contributed by atoms with Crippen LogP contribution in [0, 0.1) is 11.8 Å². The van der Waals surface area contributed by atoms with Crippen molar-refractivity contribution >= 4 is 5.91 Å². The molecule has 1 saturated heterocycles. The molecule has 3 N–H and O–H groups in total. The quantitative estimate of drug-likeness (QED) is 0.735. The van der Waals surface area contributed by atoms with Crippen molar-refractivity contribution in [2.45, 2.75) is 38.4 Å². The van der Waals surface area contributed by atoms with Crippen molar-refractivity contribution in [1.82, 2.24) is 21.2 Å². The fourth-order valence-electron chi connectivity index (χ4n) is 2.83. The molecule has 1 aromatic heterocycles. The topological polar surface area (TPSA) is 75.3 Å². The van der Waals surface area contributed by atoms with Gasteiger partial charge in [0.2, 0.25) is 5.88 Å². The Morgan fingerprint density at radius 1 is 1.48 bits per heavy atom. The Bertz CT molecular complexity index is 568. The number of rotatable bonds is 6. The van der Waals surface area contributed by atoms with Crippen molar-refractivity contribution < 1.29 is 18.3 Å². The highest BCUT2D eigenvalue weighted by atomic mass is 19.3. The van der Waals surface area contributed by atoms with Crippen LogP contribution in [-0.4, -0.2) is 36.1 Å². The number of hydrogen-bond acceptors (Lipinski definition) is 5. The van der Waals surface area contributed by atoms with E-state index in [2.05, 4.69) is 28.1 Å². The summed E-state index contributed by atoms with van der Waals surface area (Å²) in [6.45, 7) is 1.34. The fraction of sp³-hybridized carbons (Fsp3) is 0.600. The first kappa shape index (κ1) is 16.1. The number of aromatic nitrogens is 1. The Labute approximate surface area is 133 Å². The predicted molar refractivity (Wildman–Crippen MR) is 78.9 cm³/mol. The van der Waals surface area contributed by atoms with Gasteiger partial charge in [0, 0.05) is 29.8 Å². The van der Waals surface area contributed by atoms with Crippen LogP contribution in [0.3, 0.4) is 0 Å². The summed E-state index contributed by atoms with van der Waals surface area (Å²) in [7, 11) is 0. The van der Waals surface area contributed by atoms with Gasteiger partial charge < -0.3 is 10.1 Å². The molecule has 1 aliphatic carbocycles. The van der Waals surface area contributed by atoms with Gasteiger partial charge >= 0.3 is 0 Å². The van der Waals surface area contributed by atoms with Gasteiger partial charge in [0.25, 0.3) is 12.3 Å². The molecular formula is C15H20F2N4O2. The molecule has 1 aliphatic heterocycles. The standard InChI is InChI=1S/C15H20F2N4O2/c1-8-13(9-2-3-9)20-21-14(8)19-15(22)10-4-5-18-12(6-10)23-7-11(16)17/h4-6,8-9,11,13-14,20-21H,2-3,7H2,1H3,(H,19,22). The smallest absolute Gasteiger partial charge is 0.272 e. The van der Waals surface area contributed by atoms with Gasteiger partial charge in [-0.2, -0.15) is 0 Å². The zero-order valence-corrected chi connectivity index (χ0v) is 12.8. The van der Waals surface area contributed by atoms with Crippen LogP contribution < -0.4 is 20.9 Å². The number of halogens is 2. The maximum atomic E-state index is 12.3. The fourth-order valence-corrected chi connectivity index (χ4v) is 2.83. The van der Waals surface area contributed by atoms with Crippen LogP contribution in [0.1, 0.15) is 30.1 Å². The normalized spacial score (nSPS) is 27.2. The number of hydrazine groups is 1. The molecule has 8 heteroatoms. The van der Waals surface area contributed by atoms with Gasteiger partial charge in [0.15, 0.2) is 6.61 Å². The highest BCUT2D eigenvalue weighted by Gasteiger charge is 2.42. The van der Waals surface area contributed by atoms with Gasteiger partial charge in [-0.1, -0.05) is 6.92 Å². The second kappa shape index (κ2) is 6.76. The number of nitrogens with zero attached hydrogens (tertiary/aromatic N) is 1. The zero-order chi connectivity index (χ0) is 16.4. The van der Waals surface area contributed by atoms with E-state index in [4.69, 9.17) is 4.74 Å². The summed E-state index contributed by atoms with van der Waals surface area (Å²) >= 11 is 0. The maximum Gasteiger partial charge on any atom is 0.272 e. The van der Waals surface area contributed by atoms with Crippen LogP contribution in [0.2, 0.25) is 0 Å². The number of alkyl halides is 2. The molecule has 2 heterocycles. The van der Waals surface area contributed by atoms with E-state index in [9.17, 15) is 13.6 Å². The monoisotopic (exact) mass is 326 g/mol. The summed E-state index contributed by atoms with van der Waals surface area (Å²) in [5, 5.41) is 2.91. The van der Waals surface area contributed by atoms with Crippen molar-refractivity contribution in [3.05, 3.63) is 23.9 Å². The summed E-state index contributed by atoms with van der Waals surface area (Å²) in [6.07, 6.45) is 1.06. The van der Waals surface area contributed by atoms with Crippen LogP contribution in [0.4, 0.5) is 8.78 Å². The first-order valence-electron chi connectivity index (χ1n) is 7.73. The number of carbonyl (C=O) groups excluding carboxylic acids is 1. The molecule has 3 rings (SSSR count). The Morgan fingerprint density at radius 3 is 2.96 bits per heavy atom. The van der Waals surface area contributed by atoms with Crippen molar-refractivity contribution in [3.8, 4) is 5.88 Å². The molecule has 0 aromatic carbocycles. The molecule has 1 aromatic rings. The highest BCUT2D eigenvalue weighted by Crippen LogP contribution is 2.37. The number of hydrogen-bond donors (Lipinski definition) is 3. The van der Waals surface area contributed by atoms with Crippen LogP contribution in [0.25, 0.3) is 0 Å². The molecule has 3 unspecified atom stereocenters. The van der Waals surface area contributed by atoms with Crippen LogP contribution in [0.5, 0.6) is 5.88 Å². The van der Waals surface area contributed by atoms with E-state index in [1.165, 1.54) is 31.2 Å². The van der Waals surface area contributed by atoms with Gasteiger partial charge in [-0.3, -0.25) is 10.2 Å². The Kier molecular flexibility index (Phi) is 4.72. The lowest BCUT2D eigenvalue weighted by molar-refractivity contribution is 0.0794. The Hall–Kier alpha value is -1.80. The number of nitrogens with one attached hydrogen (secondary N) is 3. The van der Waals surface area contributed by atoms with Crippen molar-refractivity contribution in [1.29, 1.82) is 0 Å². The molecule has 126 valence electrons. The summed E-state index contributed by atoms with van der Waals surface area (Å²) in [4.78, 5) is 16.1. The molecule has 0 spiro atoms. The largest absolute Gasteiger partial charge is 0.472 e. The summed E-state index contributed by atoms with van der Waals surface area (Å²) in [5.74, 6) is 0.661. The van der Waals surface area contributed by atoms with Crippen LogP contribution >= 0.6 is 0 Å². The van der Waals surface area contributed by atoms with Gasteiger partial charge in [-0.25, -0.2) is 19.2 Å². The summed E-state index contributed by atoms with van der Waals surface area (Å²) in [6, 6.07) is 3.25. The van der Waals surface area contributed by atoms with E-state index >= 15 is 0 Å². The van der Waals surface area contributed by atoms with Gasteiger partial charge in [-0.05, 0) is 24.8 Å². The number of carbonyl (C=O) groups is 1. The lowest BCUT2D eigenvalue weighted by atomic mass is 9.97. The van der Waals surface area contributed by atoms with Crippen LogP contribution in [-0.2, 0) is 0 Å². The SMILES string of the molecule is CC1C(NC(=O)c2ccnc(OCC(F)F)c2)NNC1C1CC1. The average Bonchev–Trinajstić information content (AvgIpc) is 3.31. The second-order valence-corrected chi connectivity index (χ2v) is 6.05. The Morgan fingerprint density at radius 2 is 2.26 bits per heavy atom. The van der Waals surface area contributed by atoms with E-state index in [-0.39, 0.29) is 23.9 Å². The minimum Gasteiger partial charge on any atom is -0.472 e. The lowest BCUT2D eigenvalue weighted by Gasteiger charge is -2.19. The molecule has 23 heavy (non-hydrogen) atoms. The van der Waals surface area contributed by atoms with Crippen molar-refractivity contribution in [3.63, 3.8) is 0 Å². The first-order chi connectivity index (χ1) is 11.0. The van der Waals surface area contributed by atoms with Crippen molar-refractivity contribution in [2.24, 2.45) is 11.8 Å². The van der Waals surface area contributed by atoms with Gasteiger partial charge in [-0.15, -0.1) is 0 Å². The highest BCUT2D eigenvalue weighted by molar-refractivity contribution is 5.94. The van der Waals surface area contributed by atoms with E-state index in [0.29, 0.717) is 17.5 Å². The average molecular weight is 326 g/mol. The van der Waals surface area contributed by atoms with Crippen molar-refractivity contribution in [2.75, 3.05) is 6.61 Å². The molecule has 6 nitrogen and oxygen atoms in total. The minimum atomic E-state index is -2.58. The third kappa shape index (κ3) is 3.94. The predicted octanol–water partition coefficient (Wildman–Crippen LogP) is 1.30. The lowest BCUT2D eigenvalue weighted by Crippen LogP contribution is -2.46. The molecule has 1 saturated carbocycles. The number of amides is 1. The van der Waals surface area contributed by atoms with E-state index in [0.717, 1.165) is 0 Å². The third-order valence-electron chi connectivity index (χ3n) is 4.27. The first-order valence-corrected chi connectivity index (χ1v) is 7.73. The molecule has 1 amide bonds. The molecule has 0 radical (unpaired) electrons. The third-order valence-corrected chi connectivity index (χ3v) is 4.27. The number of ether oxygens (including phenoxy) is 1. The minimum absolute atomic E-state index is 0.0133. The second-order valence-electron chi connectivity index (χ2n) is 6.05. The molecular weight excluding hydrogens is 306 g/mol. The van der Waals surface area contributed by atoms with E-state index in [1.54, 1.807) is 0 Å². The maximum absolute atomic E-state index is 12.3. The zero-order valence-electron chi connectivity index (χ0n) is 12.8. The molecule has 2 fully saturated rings. The summed E-state index contributed by atoms with van der Waals surface area (Å²) in [5.41, 5.74) is 6.67. The van der Waals surface area contributed by atoms with Gasteiger partial charge in [0.1, 0.15) is 0 Å².